The van der Waals surface area contributed by atoms with Gasteiger partial charge in [0.2, 0.25) is 0 Å². The maximum atomic E-state index is 9.16. The summed E-state index contributed by atoms with van der Waals surface area (Å²) in [6, 6.07) is 9.75. The van der Waals surface area contributed by atoms with Crippen molar-refractivity contribution in [2.75, 3.05) is 0 Å². The lowest BCUT2D eigenvalue weighted by Gasteiger charge is -2.01. The highest BCUT2D eigenvalue weighted by Crippen LogP contribution is 2.16. The Hall–Kier alpha value is -0.970. The molecule has 0 fully saturated rings. The second-order valence-corrected chi connectivity index (χ2v) is 4.00. The van der Waals surface area contributed by atoms with E-state index in [0.29, 0.717) is 5.75 Å². The van der Waals surface area contributed by atoms with Crippen molar-refractivity contribution in [2.24, 2.45) is 0 Å². The summed E-state index contributed by atoms with van der Waals surface area (Å²) in [4.78, 5) is 0. The van der Waals surface area contributed by atoms with Crippen LogP contribution in [0.1, 0.15) is 0 Å². The average Bonchev–Trinajstić information content (AvgIpc) is 2.52. The summed E-state index contributed by atoms with van der Waals surface area (Å²) in [6.45, 7) is 0. The normalized spacial score (nSPS) is 10.2. The first-order valence-corrected chi connectivity index (χ1v) is 4.96. The van der Waals surface area contributed by atoms with E-state index < -0.39 is 0 Å². The van der Waals surface area contributed by atoms with Gasteiger partial charge < -0.3 is 9.67 Å². The highest BCUT2D eigenvalue weighted by atomic mass is 127. The Labute approximate surface area is 90.0 Å². The second-order valence-electron chi connectivity index (χ2n) is 2.76. The van der Waals surface area contributed by atoms with Crippen LogP contribution >= 0.6 is 22.6 Å². The van der Waals surface area contributed by atoms with Crippen molar-refractivity contribution in [3.63, 3.8) is 0 Å². The van der Waals surface area contributed by atoms with Crippen molar-refractivity contribution >= 4 is 22.6 Å². The first-order chi connectivity index (χ1) is 6.25. The van der Waals surface area contributed by atoms with E-state index in [4.69, 9.17) is 5.11 Å². The smallest absolute Gasteiger partial charge is 0.133 e. The molecule has 1 heterocycles. The molecule has 0 saturated carbocycles. The third kappa shape index (κ3) is 1.85. The van der Waals surface area contributed by atoms with Gasteiger partial charge in [-0.05, 0) is 46.9 Å². The molecule has 2 rings (SSSR count). The van der Waals surface area contributed by atoms with Crippen LogP contribution in [0.2, 0.25) is 0 Å². The minimum atomic E-state index is 0.291. The molecule has 0 aliphatic heterocycles. The van der Waals surface area contributed by atoms with Gasteiger partial charge in [0.15, 0.2) is 0 Å². The number of benzene rings is 1. The van der Waals surface area contributed by atoms with Gasteiger partial charge in [-0.3, -0.25) is 0 Å². The molecule has 0 aliphatic rings. The lowest BCUT2D eigenvalue weighted by atomic mass is 10.3. The fourth-order valence-corrected chi connectivity index (χ4v) is 1.71. The molecule has 1 aromatic heterocycles. The van der Waals surface area contributed by atoms with Crippen LogP contribution in [0, 0.1) is 3.57 Å². The fourth-order valence-electron chi connectivity index (χ4n) is 1.18. The van der Waals surface area contributed by atoms with Gasteiger partial charge in [0.05, 0.1) is 6.20 Å². The molecule has 0 atom stereocenters. The molecule has 66 valence electrons. The molecule has 1 aromatic carbocycles. The van der Waals surface area contributed by atoms with Gasteiger partial charge in [-0.1, -0.05) is 6.07 Å². The van der Waals surface area contributed by atoms with Crippen LogP contribution in [0.5, 0.6) is 5.75 Å². The van der Waals surface area contributed by atoms with Gasteiger partial charge in [-0.25, -0.2) is 0 Å². The quantitative estimate of drug-likeness (QED) is 0.801. The Balaban J connectivity index is 2.46. The average molecular weight is 285 g/mol. The third-order valence-electron chi connectivity index (χ3n) is 1.78. The number of nitrogens with zero attached hydrogens (tertiary/aromatic N) is 1. The van der Waals surface area contributed by atoms with Crippen LogP contribution in [0.15, 0.2) is 42.7 Å². The standard InChI is InChI=1S/C10H8INO/c11-8-2-1-3-9(6-8)12-5-4-10(13)7-12/h1-7,13H. The summed E-state index contributed by atoms with van der Waals surface area (Å²) < 4.78 is 3.07. The lowest BCUT2D eigenvalue weighted by molar-refractivity contribution is 0.475. The van der Waals surface area contributed by atoms with Gasteiger partial charge >= 0.3 is 0 Å². The van der Waals surface area contributed by atoms with E-state index in [1.165, 1.54) is 3.57 Å². The van der Waals surface area contributed by atoms with Crippen molar-refractivity contribution in [3.05, 3.63) is 46.3 Å². The molecule has 0 bridgehead atoms. The van der Waals surface area contributed by atoms with Crippen molar-refractivity contribution in [3.8, 4) is 11.4 Å². The summed E-state index contributed by atoms with van der Waals surface area (Å²) in [6.07, 6.45) is 3.52. The molecular weight excluding hydrogens is 277 g/mol. The minimum Gasteiger partial charge on any atom is -0.506 e. The van der Waals surface area contributed by atoms with Crippen molar-refractivity contribution < 1.29 is 5.11 Å². The highest BCUT2D eigenvalue weighted by molar-refractivity contribution is 14.1. The monoisotopic (exact) mass is 285 g/mol. The molecule has 13 heavy (non-hydrogen) atoms. The Morgan fingerprint density at radius 2 is 2.08 bits per heavy atom. The molecule has 0 spiro atoms. The highest BCUT2D eigenvalue weighted by Gasteiger charge is 1.97. The van der Waals surface area contributed by atoms with Crippen LogP contribution in [0.25, 0.3) is 5.69 Å². The van der Waals surface area contributed by atoms with E-state index in [1.807, 2.05) is 29.0 Å². The summed E-state index contributed by atoms with van der Waals surface area (Å²) >= 11 is 2.26. The predicted octanol–water partition coefficient (Wildman–Crippen LogP) is 2.79. The number of hydrogen-bond acceptors (Lipinski definition) is 1. The van der Waals surface area contributed by atoms with E-state index in [0.717, 1.165) is 5.69 Å². The van der Waals surface area contributed by atoms with E-state index in [2.05, 4.69) is 28.7 Å². The number of hydrogen-bond donors (Lipinski definition) is 1. The number of rotatable bonds is 1. The minimum absolute atomic E-state index is 0.291. The van der Waals surface area contributed by atoms with Crippen LogP contribution < -0.4 is 0 Å². The Bertz CT molecular complexity index is 422. The summed E-state index contributed by atoms with van der Waals surface area (Å²) in [5.41, 5.74) is 1.06. The topological polar surface area (TPSA) is 25.2 Å². The predicted molar refractivity (Wildman–Crippen MR) is 60.2 cm³/mol. The van der Waals surface area contributed by atoms with Gasteiger partial charge in [-0.2, -0.15) is 0 Å². The molecule has 0 radical (unpaired) electrons. The van der Waals surface area contributed by atoms with E-state index >= 15 is 0 Å². The van der Waals surface area contributed by atoms with Gasteiger partial charge in [0.1, 0.15) is 5.75 Å². The molecule has 0 unspecified atom stereocenters. The van der Waals surface area contributed by atoms with Crippen molar-refractivity contribution in [1.29, 1.82) is 0 Å². The summed E-state index contributed by atoms with van der Waals surface area (Å²) in [5.74, 6) is 0.291. The van der Waals surface area contributed by atoms with Crippen LogP contribution in [0.4, 0.5) is 0 Å². The van der Waals surface area contributed by atoms with E-state index in [-0.39, 0.29) is 0 Å². The third-order valence-corrected chi connectivity index (χ3v) is 2.45. The first kappa shape index (κ1) is 8.62. The zero-order valence-electron chi connectivity index (χ0n) is 6.81. The summed E-state index contributed by atoms with van der Waals surface area (Å²) in [5, 5.41) is 9.16. The van der Waals surface area contributed by atoms with Gasteiger partial charge in [0.25, 0.3) is 0 Å². The van der Waals surface area contributed by atoms with Crippen molar-refractivity contribution in [1.82, 2.24) is 4.57 Å². The largest absolute Gasteiger partial charge is 0.506 e. The Kier molecular flexibility index (Phi) is 2.26. The maximum absolute atomic E-state index is 9.16. The molecule has 0 amide bonds. The zero-order chi connectivity index (χ0) is 9.26. The lowest BCUT2D eigenvalue weighted by Crippen LogP contribution is -1.88. The van der Waals surface area contributed by atoms with Gasteiger partial charge in [-0.15, -0.1) is 0 Å². The van der Waals surface area contributed by atoms with E-state index in [1.54, 1.807) is 12.3 Å². The molecule has 1 N–H and O–H groups in total. The zero-order valence-corrected chi connectivity index (χ0v) is 8.97. The Morgan fingerprint density at radius 3 is 2.69 bits per heavy atom. The second kappa shape index (κ2) is 3.41. The first-order valence-electron chi connectivity index (χ1n) is 3.88. The molecule has 0 saturated heterocycles. The van der Waals surface area contributed by atoms with Crippen molar-refractivity contribution in [2.45, 2.75) is 0 Å². The van der Waals surface area contributed by atoms with E-state index in [9.17, 15) is 0 Å². The molecule has 3 heteroatoms. The number of halogens is 1. The Morgan fingerprint density at radius 1 is 1.23 bits per heavy atom. The van der Waals surface area contributed by atoms with Crippen LogP contribution in [-0.2, 0) is 0 Å². The molecule has 2 aromatic rings. The van der Waals surface area contributed by atoms with Gasteiger partial charge in [0, 0.05) is 15.5 Å². The molecule has 0 aliphatic carbocycles. The SMILES string of the molecule is Oc1ccn(-c2cccc(I)c2)c1. The number of aromatic nitrogens is 1. The number of aromatic hydroxyl groups is 1. The maximum Gasteiger partial charge on any atom is 0.133 e. The van der Waals surface area contributed by atoms with Crippen LogP contribution in [-0.4, -0.2) is 9.67 Å². The summed E-state index contributed by atoms with van der Waals surface area (Å²) in [7, 11) is 0. The fraction of sp³-hybridized carbons (Fsp3) is 0. The molecular formula is C10H8INO. The molecule has 2 nitrogen and oxygen atoms in total. The van der Waals surface area contributed by atoms with Crippen LogP contribution in [0.3, 0.4) is 0 Å².